The third-order valence-corrected chi connectivity index (χ3v) is 3.62. The zero-order chi connectivity index (χ0) is 10.8. The van der Waals surface area contributed by atoms with Gasteiger partial charge in [-0.3, -0.25) is 4.79 Å². The number of hydrogen-bond acceptors (Lipinski definition) is 2. The van der Waals surface area contributed by atoms with Crippen molar-refractivity contribution in [1.29, 1.82) is 0 Å². The Kier molecular flexibility index (Phi) is 3.71. The average molecular weight is 198 g/mol. The van der Waals surface area contributed by atoms with Crippen molar-refractivity contribution < 1.29 is 9.53 Å². The number of ketones is 1. The summed E-state index contributed by atoms with van der Waals surface area (Å²) in [6.45, 7) is 6.77. The van der Waals surface area contributed by atoms with Crippen LogP contribution in [0.5, 0.6) is 0 Å². The van der Waals surface area contributed by atoms with Crippen LogP contribution in [-0.2, 0) is 9.53 Å². The van der Waals surface area contributed by atoms with Crippen LogP contribution in [0.4, 0.5) is 0 Å². The van der Waals surface area contributed by atoms with Crippen LogP contribution < -0.4 is 0 Å². The van der Waals surface area contributed by atoms with Crippen molar-refractivity contribution in [2.75, 3.05) is 13.7 Å². The predicted octanol–water partition coefficient (Wildman–Crippen LogP) is 2.66. The Labute approximate surface area is 87.0 Å². The lowest BCUT2D eigenvalue weighted by atomic mass is 9.72. The first-order valence-electron chi connectivity index (χ1n) is 5.58. The summed E-state index contributed by atoms with van der Waals surface area (Å²) in [6.07, 6.45) is 3.35. The van der Waals surface area contributed by atoms with Gasteiger partial charge in [-0.2, -0.15) is 0 Å². The molecule has 2 nitrogen and oxygen atoms in total. The molecule has 0 spiro atoms. The van der Waals surface area contributed by atoms with E-state index >= 15 is 0 Å². The molecule has 14 heavy (non-hydrogen) atoms. The van der Waals surface area contributed by atoms with E-state index in [0.717, 1.165) is 6.42 Å². The Bertz CT molecular complexity index is 210. The number of methoxy groups -OCH3 is 1. The standard InChI is InChI=1S/C12H22O2/c1-9(2)11(13)12(8-14-4)7-5-6-10(12)3/h9-10H,5-8H2,1-4H3. The molecule has 1 fully saturated rings. The van der Waals surface area contributed by atoms with Gasteiger partial charge in [0.2, 0.25) is 0 Å². The fourth-order valence-corrected chi connectivity index (χ4v) is 2.73. The fraction of sp³-hybridized carbons (Fsp3) is 0.917. The van der Waals surface area contributed by atoms with Gasteiger partial charge < -0.3 is 4.74 Å². The summed E-state index contributed by atoms with van der Waals surface area (Å²) in [5.74, 6) is 1.01. The van der Waals surface area contributed by atoms with Crippen molar-refractivity contribution in [2.24, 2.45) is 17.3 Å². The molecule has 0 aromatic heterocycles. The van der Waals surface area contributed by atoms with Crippen LogP contribution in [0.15, 0.2) is 0 Å². The predicted molar refractivity (Wildman–Crippen MR) is 57.2 cm³/mol. The lowest BCUT2D eigenvalue weighted by Gasteiger charge is -2.33. The van der Waals surface area contributed by atoms with E-state index in [1.165, 1.54) is 12.8 Å². The molecular weight excluding hydrogens is 176 g/mol. The SMILES string of the molecule is COCC1(C(=O)C(C)C)CCCC1C. The molecule has 0 saturated heterocycles. The lowest BCUT2D eigenvalue weighted by Crippen LogP contribution is -2.40. The van der Waals surface area contributed by atoms with E-state index in [2.05, 4.69) is 6.92 Å². The van der Waals surface area contributed by atoms with Crippen LogP contribution in [0.25, 0.3) is 0 Å². The van der Waals surface area contributed by atoms with Crippen molar-refractivity contribution in [3.8, 4) is 0 Å². The lowest BCUT2D eigenvalue weighted by molar-refractivity contribution is -0.137. The average Bonchev–Trinajstić information content (AvgIpc) is 2.48. The Hall–Kier alpha value is -0.370. The van der Waals surface area contributed by atoms with Crippen LogP contribution in [0.3, 0.4) is 0 Å². The highest BCUT2D eigenvalue weighted by Crippen LogP contribution is 2.45. The molecule has 1 rings (SSSR count). The smallest absolute Gasteiger partial charge is 0.144 e. The summed E-state index contributed by atoms with van der Waals surface area (Å²) < 4.78 is 5.25. The quantitative estimate of drug-likeness (QED) is 0.694. The second kappa shape index (κ2) is 4.43. The van der Waals surface area contributed by atoms with E-state index < -0.39 is 0 Å². The van der Waals surface area contributed by atoms with Gasteiger partial charge >= 0.3 is 0 Å². The molecule has 0 aromatic carbocycles. The van der Waals surface area contributed by atoms with Gasteiger partial charge in [0.1, 0.15) is 5.78 Å². The highest BCUT2D eigenvalue weighted by molar-refractivity contribution is 5.87. The molecule has 82 valence electrons. The normalized spacial score (nSPS) is 32.5. The fourth-order valence-electron chi connectivity index (χ4n) is 2.73. The van der Waals surface area contributed by atoms with E-state index in [0.29, 0.717) is 18.3 Å². The molecule has 2 heteroatoms. The number of carbonyl (C=O) groups excluding carboxylic acids is 1. The number of Topliss-reactive ketones (excluding diaryl/α,β-unsaturated/α-hetero) is 1. The molecule has 1 aliphatic carbocycles. The molecule has 2 unspecified atom stereocenters. The first-order chi connectivity index (χ1) is 6.54. The number of hydrogen-bond donors (Lipinski definition) is 0. The van der Waals surface area contributed by atoms with Gasteiger partial charge in [-0.05, 0) is 18.8 Å². The third-order valence-electron chi connectivity index (χ3n) is 3.62. The summed E-state index contributed by atoms with van der Waals surface area (Å²) in [6, 6.07) is 0. The summed E-state index contributed by atoms with van der Waals surface area (Å²) >= 11 is 0. The first-order valence-corrected chi connectivity index (χ1v) is 5.58. The Balaban J connectivity index is 2.86. The molecule has 1 saturated carbocycles. The molecule has 2 atom stereocenters. The zero-order valence-electron chi connectivity index (χ0n) is 9.80. The van der Waals surface area contributed by atoms with E-state index in [-0.39, 0.29) is 11.3 Å². The Morgan fingerprint density at radius 3 is 2.57 bits per heavy atom. The Morgan fingerprint density at radius 1 is 1.57 bits per heavy atom. The number of ether oxygens (including phenoxy) is 1. The van der Waals surface area contributed by atoms with Crippen LogP contribution in [0, 0.1) is 17.3 Å². The minimum atomic E-state index is -0.178. The van der Waals surface area contributed by atoms with Gasteiger partial charge in [0.15, 0.2) is 0 Å². The van der Waals surface area contributed by atoms with Crippen molar-refractivity contribution in [1.82, 2.24) is 0 Å². The Morgan fingerprint density at radius 2 is 2.21 bits per heavy atom. The molecule has 0 heterocycles. The zero-order valence-corrected chi connectivity index (χ0v) is 9.80. The highest BCUT2D eigenvalue weighted by atomic mass is 16.5. The molecule has 0 aromatic rings. The van der Waals surface area contributed by atoms with E-state index in [4.69, 9.17) is 4.74 Å². The van der Waals surface area contributed by atoms with E-state index in [9.17, 15) is 4.79 Å². The number of rotatable bonds is 4. The van der Waals surface area contributed by atoms with Crippen molar-refractivity contribution in [3.63, 3.8) is 0 Å². The van der Waals surface area contributed by atoms with Crippen LogP contribution in [-0.4, -0.2) is 19.5 Å². The van der Waals surface area contributed by atoms with Gasteiger partial charge in [-0.1, -0.05) is 27.2 Å². The maximum Gasteiger partial charge on any atom is 0.144 e. The summed E-state index contributed by atoms with van der Waals surface area (Å²) in [4.78, 5) is 12.2. The first kappa shape index (κ1) is 11.7. The third kappa shape index (κ3) is 1.85. The second-order valence-corrected chi connectivity index (χ2v) is 4.90. The van der Waals surface area contributed by atoms with E-state index in [1.54, 1.807) is 7.11 Å². The van der Waals surface area contributed by atoms with Crippen LogP contribution >= 0.6 is 0 Å². The second-order valence-electron chi connectivity index (χ2n) is 4.90. The minimum absolute atomic E-state index is 0.130. The van der Waals surface area contributed by atoms with Gasteiger partial charge in [-0.15, -0.1) is 0 Å². The summed E-state index contributed by atoms with van der Waals surface area (Å²) in [5, 5.41) is 0. The van der Waals surface area contributed by atoms with Crippen LogP contribution in [0.1, 0.15) is 40.0 Å². The van der Waals surface area contributed by atoms with Crippen molar-refractivity contribution in [2.45, 2.75) is 40.0 Å². The van der Waals surface area contributed by atoms with E-state index in [1.807, 2.05) is 13.8 Å². The summed E-state index contributed by atoms with van der Waals surface area (Å²) in [5.41, 5.74) is -0.178. The maximum absolute atomic E-state index is 12.2. The van der Waals surface area contributed by atoms with Crippen molar-refractivity contribution >= 4 is 5.78 Å². The largest absolute Gasteiger partial charge is 0.384 e. The maximum atomic E-state index is 12.2. The highest BCUT2D eigenvalue weighted by Gasteiger charge is 2.46. The number of carbonyl (C=O) groups is 1. The van der Waals surface area contributed by atoms with Gasteiger partial charge in [0.05, 0.1) is 12.0 Å². The molecule has 0 N–H and O–H groups in total. The molecule has 0 bridgehead atoms. The topological polar surface area (TPSA) is 26.3 Å². The van der Waals surface area contributed by atoms with Crippen LogP contribution in [0.2, 0.25) is 0 Å². The monoisotopic (exact) mass is 198 g/mol. The summed E-state index contributed by atoms with van der Waals surface area (Å²) in [7, 11) is 1.69. The molecular formula is C12H22O2. The van der Waals surface area contributed by atoms with Gasteiger partial charge in [-0.25, -0.2) is 0 Å². The van der Waals surface area contributed by atoms with Gasteiger partial charge in [0, 0.05) is 13.0 Å². The molecule has 0 aliphatic heterocycles. The van der Waals surface area contributed by atoms with Gasteiger partial charge in [0.25, 0.3) is 0 Å². The molecule has 0 radical (unpaired) electrons. The van der Waals surface area contributed by atoms with Crippen molar-refractivity contribution in [3.05, 3.63) is 0 Å². The molecule has 1 aliphatic rings. The molecule has 0 amide bonds. The minimum Gasteiger partial charge on any atom is -0.384 e.